The fourth-order valence-electron chi connectivity index (χ4n) is 2.25. The maximum absolute atomic E-state index is 8.34. The van der Waals surface area contributed by atoms with Crippen LogP contribution in [0.4, 0.5) is 0 Å². The zero-order chi connectivity index (χ0) is 18.1. The van der Waals surface area contributed by atoms with Gasteiger partial charge in [0.05, 0.1) is 19.8 Å². The van der Waals surface area contributed by atoms with E-state index in [0.717, 1.165) is 12.6 Å². The number of hydrogen-bond donors (Lipinski definition) is 3. The van der Waals surface area contributed by atoms with Gasteiger partial charge in [-0.3, -0.25) is 0 Å². The van der Waals surface area contributed by atoms with Crippen LogP contribution in [0.3, 0.4) is 0 Å². The third-order valence-corrected chi connectivity index (χ3v) is 3.82. The van der Waals surface area contributed by atoms with Gasteiger partial charge in [0.25, 0.3) is 0 Å². The number of likely N-dealkylation sites (N-methyl/N-ethyl adjacent to an activating group) is 2. The fraction of sp³-hybridized carbons (Fsp3) is 1.00. The van der Waals surface area contributed by atoms with Crippen molar-refractivity contribution in [2.75, 3.05) is 74.7 Å². The van der Waals surface area contributed by atoms with Gasteiger partial charge in [-0.25, -0.2) is 0 Å². The first-order chi connectivity index (χ1) is 10.9. The highest BCUT2D eigenvalue weighted by molar-refractivity contribution is 4.70. The average Bonchev–Trinajstić information content (AvgIpc) is 2.50. The molecule has 0 radical (unpaired) electrons. The van der Waals surface area contributed by atoms with Crippen LogP contribution in [-0.4, -0.2) is 111 Å². The van der Waals surface area contributed by atoms with E-state index in [-0.39, 0.29) is 19.8 Å². The molecule has 0 heterocycles. The van der Waals surface area contributed by atoms with Gasteiger partial charge in [-0.05, 0) is 48.1 Å². The Hall–Kier alpha value is -0.240. The first-order valence-electron chi connectivity index (χ1n) is 8.71. The van der Waals surface area contributed by atoms with Crippen molar-refractivity contribution < 1.29 is 15.3 Å². The van der Waals surface area contributed by atoms with Crippen LogP contribution in [0.2, 0.25) is 0 Å². The smallest absolute Gasteiger partial charge is 0.0558 e. The molecule has 0 aromatic heterocycles. The molecule has 0 atom stereocenters. The average molecular weight is 336 g/mol. The number of hydrogen-bond acceptors (Lipinski definition) is 6. The first kappa shape index (κ1) is 25.0. The van der Waals surface area contributed by atoms with Crippen LogP contribution in [0.1, 0.15) is 32.1 Å². The summed E-state index contributed by atoms with van der Waals surface area (Å²) in [5.41, 5.74) is 0. The summed E-state index contributed by atoms with van der Waals surface area (Å²) in [6, 6.07) is 0.888. The predicted molar refractivity (Wildman–Crippen MR) is 97.9 cm³/mol. The zero-order valence-electron chi connectivity index (χ0n) is 16.0. The molecule has 0 aliphatic heterocycles. The molecule has 1 rings (SSSR count). The SMILES string of the molecule is CN(C)C1CCCCC1.CN(C)CCO.CN(CCO)CCO. The van der Waals surface area contributed by atoms with Gasteiger partial charge in [0.2, 0.25) is 0 Å². The van der Waals surface area contributed by atoms with E-state index in [9.17, 15) is 0 Å². The Kier molecular flexibility index (Phi) is 19.7. The quantitative estimate of drug-likeness (QED) is 0.623. The van der Waals surface area contributed by atoms with Gasteiger partial charge in [0.15, 0.2) is 0 Å². The number of rotatable bonds is 7. The summed E-state index contributed by atoms with van der Waals surface area (Å²) in [5, 5.41) is 24.9. The molecule has 6 nitrogen and oxygen atoms in total. The van der Waals surface area contributed by atoms with Gasteiger partial charge >= 0.3 is 0 Å². The Morgan fingerprint density at radius 3 is 1.35 bits per heavy atom. The first-order valence-corrected chi connectivity index (χ1v) is 8.71. The molecule has 0 amide bonds. The van der Waals surface area contributed by atoms with Gasteiger partial charge in [0.1, 0.15) is 0 Å². The largest absolute Gasteiger partial charge is 0.395 e. The molecule has 142 valence electrons. The van der Waals surface area contributed by atoms with Crippen LogP contribution in [0.25, 0.3) is 0 Å². The lowest BCUT2D eigenvalue weighted by molar-refractivity contribution is 0.184. The lowest BCUT2D eigenvalue weighted by Gasteiger charge is -2.27. The van der Waals surface area contributed by atoms with E-state index in [4.69, 9.17) is 15.3 Å². The Morgan fingerprint density at radius 2 is 1.13 bits per heavy atom. The third kappa shape index (κ3) is 19.7. The summed E-state index contributed by atoms with van der Waals surface area (Å²) < 4.78 is 0. The highest BCUT2D eigenvalue weighted by Crippen LogP contribution is 2.20. The molecule has 23 heavy (non-hydrogen) atoms. The minimum atomic E-state index is 0.163. The number of aliphatic hydroxyl groups excluding tert-OH is 3. The second-order valence-electron chi connectivity index (χ2n) is 6.53. The molecule has 0 unspecified atom stereocenters. The Labute approximate surface area is 143 Å². The Balaban J connectivity index is 0. The molecule has 0 saturated heterocycles. The van der Waals surface area contributed by atoms with E-state index in [1.54, 1.807) is 0 Å². The van der Waals surface area contributed by atoms with E-state index in [2.05, 4.69) is 19.0 Å². The van der Waals surface area contributed by atoms with Gasteiger partial charge < -0.3 is 30.0 Å². The van der Waals surface area contributed by atoms with Crippen LogP contribution in [0.15, 0.2) is 0 Å². The summed E-state index contributed by atoms with van der Waals surface area (Å²) >= 11 is 0. The maximum atomic E-state index is 8.34. The van der Waals surface area contributed by atoms with Crippen molar-refractivity contribution in [2.45, 2.75) is 38.1 Å². The normalized spacial score (nSPS) is 15.3. The van der Waals surface area contributed by atoms with E-state index in [1.807, 2.05) is 30.9 Å². The minimum Gasteiger partial charge on any atom is -0.395 e. The van der Waals surface area contributed by atoms with Gasteiger partial charge in [-0.1, -0.05) is 19.3 Å². The second kappa shape index (κ2) is 18.1. The molecule has 1 aliphatic rings. The van der Waals surface area contributed by atoms with Crippen molar-refractivity contribution in [3.05, 3.63) is 0 Å². The number of aliphatic hydroxyl groups is 3. The molecule has 0 bridgehead atoms. The fourth-order valence-corrected chi connectivity index (χ4v) is 2.25. The molecule has 1 saturated carbocycles. The summed E-state index contributed by atoms with van der Waals surface area (Å²) in [7, 11) is 10.1. The standard InChI is InChI=1S/C8H17N.C5H13NO2.C4H11NO/c1-9(2)8-6-4-3-5-7-8;1-6(2-4-7)3-5-8;1-5(2)3-4-6/h8H,3-7H2,1-2H3;7-8H,2-5H2,1H3;6H,3-4H2,1-2H3. The minimum absolute atomic E-state index is 0.163. The van der Waals surface area contributed by atoms with Crippen LogP contribution in [0, 0.1) is 0 Å². The number of nitrogens with zero attached hydrogens (tertiary/aromatic N) is 3. The summed E-state index contributed by atoms with van der Waals surface area (Å²) in [6.45, 7) is 2.63. The van der Waals surface area contributed by atoms with Crippen molar-refractivity contribution in [2.24, 2.45) is 0 Å². The highest BCUT2D eigenvalue weighted by atomic mass is 16.3. The van der Waals surface area contributed by atoms with Crippen molar-refractivity contribution in [1.82, 2.24) is 14.7 Å². The van der Waals surface area contributed by atoms with Gasteiger partial charge in [0, 0.05) is 25.7 Å². The molecule has 6 heteroatoms. The monoisotopic (exact) mass is 335 g/mol. The second-order valence-corrected chi connectivity index (χ2v) is 6.53. The van der Waals surface area contributed by atoms with E-state index in [0.29, 0.717) is 13.1 Å². The summed E-state index contributed by atoms with van der Waals surface area (Å²) in [5.74, 6) is 0. The zero-order valence-corrected chi connectivity index (χ0v) is 16.0. The van der Waals surface area contributed by atoms with Crippen molar-refractivity contribution in [3.8, 4) is 0 Å². The molecule has 0 aromatic rings. The topological polar surface area (TPSA) is 70.4 Å². The highest BCUT2D eigenvalue weighted by Gasteiger charge is 2.13. The molecular formula is C17H41N3O3. The van der Waals surface area contributed by atoms with Crippen LogP contribution in [0.5, 0.6) is 0 Å². The lowest BCUT2D eigenvalue weighted by atomic mass is 9.95. The molecular weight excluding hydrogens is 294 g/mol. The Bertz CT molecular complexity index is 217. The van der Waals surface area contributed by atoms with Crippen molar-refractivity contribution in [3.63, 3.8) is 0 Å². The molecule has 0 spiro atoms. The van der Waals surface area contributed by atoms with E-state index in [1.165, 1.54) is 32.1 Å². The molecule has 1 aliphatic carbocycles. The van der Waals surface area contributed by atoms with E-state index < -0.39 is 0 Å². The van der Waals surface area contributed by atoms with Crippen molar-refractivity contribution in [1.29, 1.82) is 0 Å². The van der Waals surface area contributed by atoms with Gasteiger partial charge in [-0.2, -0.15) is 0 Å². The van der Waals surface area contributed by atoms with Crippen LogP contribution < -0.4 is 0 Å². The summed E-state index contributed by atoms with van der Waals surface area (Å²) in [6.07, 6.45) is 7.20. The molecule has 3 N–H and O–H groups in total. The van der Waals surface area contributed by atoms with Gasteiger partial charge in [-0.15, -0.1) is 0 Å². The predicted octanol–water partition coefficient (Wildman–Crippen LogP) is 0.324. The molecule has 1 fully saturated rings. The van der Waals surface area contributed by atoms with Crippen molar-refractivity contribution >= 4 is 0 Å². The third-order valence-electron chi connectivity index (χ3n) is 3.82. The summed E-state index contributed by atoms with van der Waals surface area (Å²) in [4.78, 5) is 6.15. The van der Waals surface area contributed by atoms with E-state index >= 15 is 0 Å². The van der Waals surface area contributed by atoms with Crippen LogP contribution >= 0.6 is 0 Å². The van der Waals surface area contributed by atoms with Crippen LogP contribution in [-0.2, 0) is 0 Å². The lowest BCUT2D eigenvalue weighted by Crippen LogP contribution is -2.29. The maximum Gasteiger partial charge on any atom is 0.0558 e. The Morgan fingerprint density at radius 1 is 0.696 bits per heavy atom. The molecule has 0 aromatic carbocycles.